The number of likely N-dealkylation sites (tertiary alicyclic amines) is 2. The summed E-state index contributed by atoms with van der Waals surface area (Å²) in [5.74, 6) is -0.119. The van der Waals surface area contributed by atoms with Crippen LogP contribution in [0.1, 0.15) is 36.5 Å². The number of nitrogens with zero attached hydrogens (tertiary/aromatic N) is 2. The van der Waals surface area contributed by atoms with Gasteiger partial charge in [-0.3, -0.25) is 9.59 Å². The fourth-order valence-electron chi connectivity index (χ4n) is 4.17. The lowest BCUT2D eigenvalue weighted by Gasteiger charge is -2.49. The summed E-state index contributed by atoms with van der Waals surface area (Å²) in [6, 6.07) is 4.88. The maximum atomic E-state index is 12.8. The zero-order chi connectivity index (χ0) is 18.9. The van der Waals surface area contributed by atoms with Crippen molar-refractivity contribution in [2.24, 2.45) is 5.41 Å². The number of piperidine rings is 2. The molecule has 3 rings (SSSR count). The SMILES string of the molecule is COc1cccc(C(=O)N2CCC3(CC2)CC(O)CN(C(C)=O)C3)c1O. The van der Waals surface area contributed by atoms with E-state index in [0.29, 0.717) is 32.6 Å². The Hall–Kier alpha value is -2.28. The van der Waals surface area contributed by atoms with Gasteiger partial charge >= 0.3 is 0 Å². The second kappa shape index (κ2) is 7.15. The Morgan fingerprint density at radius 2 is 1.92 bits per heavy atom. The highest BCUT2D eigenvalue weighted by Gasteiger charge is 2.43. The van der Waals surface area contributed by atoms with Gasteiger partial charge in [-0.05, 0) is 36.8 Å². The molecule has 2 saturated heterocycles. The molecule has 1 spiro atoms. The number of rotatable bonds is 2. The monoisotopic (exact) mass is 362 g/mol. The highest BCUT2D eigenvalue weighted by molar-refractivity contribution is 5.97. The third-order valence-corrected chi connectivity index (χ3v) is 5.63. The fraction of sp³-hybridized carbons (Fsp3) is 0.579. The number of β-amino-alcohol motifs (C(OH)–C–C–N with tert-alkyl or cyclic N) is 1. The molecule has 0 aromatic heterocycles. The lowest BCUT2D eigenvalue weighted by atomic mass is 9.71. The number of hydrogen-bond acceptors (Lipinski definition) is 5. The minimum atomic E-state index is -0.516. The minimum Gasteiger partial charge on any atom is -0.504 e. The van der Waals surface area contributed by atoms with Gasteiger partial charge in [0.25, 0.3) is 5.91 Å². The molecule has 0 aliphatic carbocycles. The first-order chi connectivity index (χ1) is 12.3. The van der Waals surface area contributed by atoms with E-state index in [1.165, 1.54) is 14.0 Å². The van der Waals surface area contributed by atoms with Crippen LogP contribution < -0.4 is 4.74 Å². The molecule has 2 fully saturated rings. The van der Waals surface area contributed by atoms with Gasteiger partial charge in [0.15, 0.2) is 11.5 Å². The van der Waals surface area contributed by atoms with Crippen molar-refractivity contribution in [2.45, 2.75) is 32.3 Å². The number of para-hydroxylation sites is 1. The summed E-state index contributed by atoms with van der Waals surface area (Å²) >= 11 is 0. The van der Waals surface area contributed by atoms with Crippen LogP contribution in [0.15, 0.2) is 18.2 Å². The number of hydrogen-bond donors (Lipinski definition) is 2. The quantitative estimate of drug-likeness (QED) is 0.826. The summed E-state index contributed by atoms with van der Waals surface area (Å²) in [4.78, 5) is 28.0. The van der Waals surface area contributed by atoms with Gasteiger partial charge in [-0.15, -0.1) is 0 Å². The lowest BCUT2D eigenvalue weighted by Crippen LogP contribution is -2.55. The van der Waals surface area contributed by atoms with Crippen LogP contribution in [-0.4, -0.2) is 71.2 Å². The predicted octanol–water partition coefficient (Wildman–Crippen LogP) is 1.24. The molecule has 2 aliphatic heterocycles. The number of carbonyl (C=O) groups is 2. The second-order valence-electron chi connectivity index (χ2n) is 7.41. The molecule has 1 aromatic carbocycles. The summed E-state index contributed by atoms with van der Waals surface area (Å²) < 4.78 is 5.07. The molecule has 7 heteroatoms. The van der Waals surface area contributed by atoms with Crippen LogP contribution in [0, 0.1) is 5.41 Å². The van der Waals surface area contributed by atoms with E-state index in [4.69, 9.17) is 4.74 Å². The van der Waals surface area contributed by atoms with Crippen molar-refractivity contribution in [3.05, 3.63) is 23.8 Å². The number of amides is 2. The van der Waals surface area contributed by atoms with Crippen LogP contribution in [0.2, 0.25) is 0 Å². The molecule has 1 aromatic rings. The van der Waals surface area contributed by atoms with Gasteiger partial charge in [0.2, 0.25) is 5.91 Å². The van der Waals surface area contributed by atoms with E-state index in [2.05, 4.69) is 0 Å². The van der Waals surface area contributed by atoms with E-state index in [1.807, 2.05) is 0 Å². The van der Waals surface area contributed by atoms with Crippen LogP contribution in [0.4, 0.5) is 0 Å². The summed E-state index contributed by atoms with van der Waals surface area (Å²) in [7, 11) is 1.45. The first-order valence-electron chi connectivity index (χ1n) is 8.94. The average Bonchev–Trinajstić information content (AvgIpc) is 2.61. The molecule has 2 N–H and O–H groups in total. The third kappa shape index (κ3) is 3.49. The molecule has 2 amide bonds. The standard InChI is InChI=1S/C19H26N2O5/c1-13(22)21-11-14(23)10-19(12-21)6-8-20(9-7-19)18(25)15-4-3-5-16(26-2)17(15)24/h3-5,14,23-24H,6-12H2,1-2H3. The number of aliphatic hydroxyl groups excluding tert-OH is 1. The Bertz CT molecular complexity index is 697. The van der Waals surface area contributed by atoms with E-state index in [1.54, 1.807) is 28.0 Å². The second-order valence-corrected chi connectivity index (χ2v) is 7.41. The molecule has 2 heterocycles. The van der Waals surface area contributed by atoms with Gasteiger partial charge in [-0.2, -0.15) is 0 Å². The zero-order valence-electron chi connectivity index (χ0n) is 15.3. The van der Waals surface area contributed by atoms with Crippen LogP contribution in [0.3, 0.4) is 0 Å². The van der Waals surface area contributed by atoms with Crippen LogP contribution in [0.25, 0.3) is 0 Å². The van der Waals surface area contributed by atoms with Crippen LogP contribution >= 0.6 is 0 Å². The molecular weight excluding hydrogens is 336 g/mol. The number of aromatic hydroxyl groups is 1. The molecule has 2 aliphatic rings. The van der Waals surface area contributed by atoms with Gasteiger partial charge in [0.05, 0.1) is 18.8 Å². The van der Waals surface area contributed by atoms with Crippen molar-refractivity contribution >= 4 is 11.8 Å². The predicted molar refractivity (Wildman–Crippen MR) is 95.1 cm³/mol. The van der Waals surface area contributed by atoms with Crippen molar-refractivity contribution < 1.29 is 24.5 Å². The molecule has 0 bridgehead atoms. The Morgan fingerprint density at radius 1 is 1.23 bits per heavy atom. The Balaban J connectivity index is 1.70. The highest BCUT2D eigenvalue weighted by atomic mass is 16.5. The van der Waals surface area contributed by atoms with E-state index >= 15 is 0 Å². The number of phenolic OH excluding ortho intramolecular Hbond substituents is 1. The number of methoxy groups -OCH3 is 1. The number of phenols is 1. The number of ether oxygens (including phenoxy) is 1. The fourth-order valence-corrected chi connectivity index (χ4v) is 4.17. The maximum absolute atomic E-state index is 12.8. The number of carbonyl (C=O) groups excluding carboxylic acids is 2. The molecule has 1 atom stereocenters. The largest absolute Gasteiger partial charge is 0.504 e. The van der Waals surface area contributed by atoms with E-state index < -0.39 is 6.10 Å². The van der Waals surface area contributed by atoms with Crippen molar-refractivity contribution in [3.8, 4) is 11.5 Å². The molecule has 7 nitrogen and oxygen atoms in total. The van der Waals surface area contributed by atoms with Gasteiger partial charge in [0.1, 0.15) is 0 Å². The molecule has 26 heavy (non-hydrogen) atoms. The number of benzene rings is 1. The van der Waals surface area contributed by atoms with Crippen LogP contribution in [0.5, 0.6) is 11.5 Å². The topological polar surface area (TPSA) is 90.3 Å². The third-order valence-electron chi connectivity index (χ3n) is 5.63. The van der Waals surface area contributed by atoms with Gasteiger partial charge < -0.3 is 24.7 Å². The lowest BCUT2D eigenvalue weighted by molar-refractivity contribution is -0.137. The van der Waals surface area contributed by atoms with E-state index in [-0.39, 0.29) is 34.3 Å². The Kier molecular flexibility index (Phi) is 5.09. The first kappa shape index (κ1) is 18.5. The van der Waals surface area contributed by atoms with E-state index in [0.717, 1.165) is 12.8 Å². The number of aliphatic hydroxyl groups is 1. The van der Waals surface area contributed by atoms with E-state index in [9.17, 15) is 19.8 Å². The molecule has 1 unspecified atom stereocenters. The molecule has 0 saturated carbocycles. The average molecular weight is 362 g/mol. The van der Waals surface area contributed by atoms with Crippen molar-refractivity contribution in [1.29, 1.82) is 0 Å². The van der Waals surface area contributed by atoms with Gasteiger partial charge in [0, 0.05) is 33.1 Å². The normalized spacial score (nSPS) is 22.3. The first-order valence-corrected chi connectivity index (χ1v) is 8.94. The molecule has 0 radical (unpaired) electrons. The zero-order valence-corrected chi connectivity index (χ0v) is 15.3. The smallest absolute Gasteiger partial charge is 0.257 e. The molecular formula is C19H26N2O5. The summed E-state index contributed by atoms with van der Waals surface area (Å²) in [5.41, 5.74) is 0.0885. The minimum absolute atomic E-state index is 0.0251. The van der Waals surface area contributed by atoms with Crippen molar-refractivity contribution in [1.82, 2.24) is 9.80 Å². The molecule has 142 valence electrons. The summed E-state index contributed by atoms with van der Waals surface area (Å²) in [6.07, 6.45) is 1.59. The van der Waals surface area contributed by atoms with Gasteiger partial charge in [-0.1, -0.05) is 6.07 Å². The van der Waals surface area contributed by atoms with Crippen molar-refractivity contribution in [2.75, 3.05) is 33.3 Å². The summed E-state index contributed by atoms with van der Waals surface area (Å²) in [6.45, 7) is 3.61. The summed E-state index contributed by atoms with van der Waals surface area (Å²) in [5, 5.41) is 20.4. The van der Waals surface area contributed by atoms with Crippen molar-refractivity contribution in [3.63, 3.8) is 0 Å². The van der Waals surface area contributed by atoms with Crippen LogP contribution in [-0.2, 0) is 4.79 Å². The maximum Gasteiger partial charge on any atom is 0.257 e. The van der Waals surface area contributed by atoms with Gasteiger partial charge in [-0.25, -0.2) is 0 Å². The Labute approximate surface area is 153 Å². The highest BCUT2D eigenvalue weighted by Crippen LogP contribution is 2.41. The Morgan fingerprint density at radius 3 is 2.54 bits per heavy atom.